The normalized spacial score (nSPS) is 10.2. The molecule has 1 N–H and O–H groups in total. The Bertz CT molecular complexity index is 711. The third kappa shape index (κ3) is 2.51. The molecule has 7 nitrogen and oxygen atoms in total. The molecule has 0 saturated heterocycles. The lowest BCUT2D eigenvalue weighted by atomic mass is 10.2. The van der Waals surface area contributed by atoms with Crippen molar-refractivity contribution < 1.29 is 4.79 Å². The van der Waals surface area contributed by atoms with Crippen LogP contribution in [0.3, 0.4) is 0 Å². The first-order valence-electron chi connectivity index (χ1n) is 5.86. The topological polar surface area (TPSA) is 85.6 Å². The van der Waals surface area contributed by atoms with Gasteiger partial charge in [-0.2, -0.15) is 5.10 Å². The van der Waals surface area contributed by atoms with Gasteiger partial charge < -0.3 is 5.32 Å². The van der Waals surface area contributed by atoms with Crippen LogP contribution in [0.5, 0.6) is 0 Å². The lowest BCUT2D eigenvalue weighted by molar-refractivity contribution is 0.102. The van der Waals surface area contributed by atoms with Gasteiger partial charge in [0.1, 0.15) is 12.1 Å². The largest absolute Gasteiger partial charge is 0.306 e. The van der Waals surface area contributed by atoms with Crippen LogP contribution in [0.4, 0.5) is 5.82 Å². The molecule has 0 radical (unpaired) electrons. The Kier molecular flexibility index (Phi) is 3.15. The molecule has 0 atom stereocenters. The van der Waals surface area contributed by atoms with Crippen molar-refractivity contribution in [2.24, 2.45) is 0 Å². The fourth-order valence-corrected chi connectivity index (χ4v) is 1.64. The zero-order chi connectivity index (χ0) is 13.8. The predicted molar refractivity (Wildman–Crippen MR) is 71.3 cm³/mol. The van der Waals surface area contributed by atoms with Gasteiger partial charge in [-0.15, -0.1) is 0 Å². The highest BCUT2D eigenvalue weighted by molar-refractivity contribution is 6.03. The van der Waals surface area contributed by atoms with Crippen molar-refractivity contribution in [2.75, 3.05) is 5.32 Å². The van der Waals surface area contributed by atoms with Gasteiger partial charge in [-0.1, -0.05) is 0 Å². The van der Waals surface area contributed by atoms with E-state index in [2.05, 4.69) is 25.4 Å². The van der Waals surface area contributed by atoms with Crippen LogP contribution < -0.4 is 5.32 Å². The second-order valence-electron chi connectivity index (χ2n) is 3.90. The number of hydrogen-bond acceptors (Lipinski definition) is 5. The summed E-state index contributed by atoms with van der Waals surface area (Å²) in [6.45, 7) is 0. The third-order valence-corrected chi connectivity index (χ3v) is 2.58. The van der Waals surface area contributed by atoms with Crippen molar-refractivity contribution in [2.45, 2.75) is 0 Å². The second-order valence-corrected chi connectivity index (χ2v) is 3.90. The Morgan fingerprint density at radius 3 is 2.75 bits per heavy atom. The smallest absolute Gasteiger partial charge is 0.256 e. The number of pyridine rings is 1. The van der Waals surface area contributed by atoms with Crippen LogP contribution in [0.1, 0.15) is 10.4 Å². The van der Waals surface area contributed by atoms with Crippen molar-refractivity contribution in [3.63, 3.8) is 0 Å². The molecule has 3 rings (SSSR count). The first-order valence-corrected chi connectivity index (χ1v) is 5.86. The van der Waals surface area contributed by atoms with Crippen LogP contribution in [0.15, 0.2) is 55.4 Å². The maximum atomic E-state index is 12.0. The van der Waals surface area contributed by atoms with E-state index in [9.17, 15) is 4.79 Å². The zero-order valence-electron chi connectivity index (χ0n) is 10.3. The van der Waals surface area contributed by atoms with E-state index >= 15 is 0 Å². The molecule has 3 aromatic rings. The number of amides is 1. The molecular formula is C13H10N6O. The Labute approximate surface area is 114 Å². The first-order chi connectivity index (χ1) is 9.83. The fourth-order valence-electron chi connectivity index (χ4n) is 1.64. The molecule has 3 aromatic heterocycles. The van der Waals surface area contributed by atoms with E-state index in [-0.39, 0.29) is 5.91 Å². The molecule has 0 aliphatic heterocycles. The molecule has 0 aliphatic carbocycles. The molecule has 0 bridgehead atoms. The van der Waals surface area contributed by atoms with Gasteiger partial charge in [-0.3, -0.25) is 9.78 Å². The standard InChI is InChI=1S/C13H10N6O/c20-13(10-2-5-14-6-3-10)18-11-8-12(16-9-15-11)19-7-1-4-17-19/h1-9H,(H,15,16,18,20). The van der Waals surface area contributed by atoms with Crippen LogP contribution >= 0.6 is 0 Å². The summed E-state index contributed by atoms with van der Waals surface area (Å²) in [7, 11) is 0. The Morgan fingerprint density at radius 2 is 2.00 bits per heavy atom. The zero-order valence-corrected chi connectivity index (χ0v) is 10.3. The lowest BCUT2D eigenvalue weighted by Gasteiger charge is -2.05. The van der Waals surface area contributed by atoms with E-state index < -0.39 is 0 Å². The Balaban J connectivity index is 1.82. The molecule has 0 spiro atoms. The molecule has 0 aromatic carbocycles. The van der Waals surface area contributed by atoms with Gasteiger partial charge in [0.05, 0.1) is 0 Å². The molecule has 0 aliphatic rings. The molecule has 20 heavy (non-hydrogen) atoms. The third-order valence-electron chi connectivity index (χ3n) is 2.58. The highest BCUT2D eigenvalue weighted by Gasteiger charge is 2.07. The van der Waals surface area contributed by atoms with Gasteiger partial charge in [0.25, 0.3) is 5.91 Å². The van der Waals surface area contributed by atoms with Crippen LogP contribution in [-0.4, -0.2) is 30.6 Å². The SMILES string of the molecule is O=C(Nc1cc(-n2cccn2)ncn1)c1ccncc1. The fraction of sp³-hybridized carbons (Fsp3) is 0. The molecular weight excluding hydrogens is 256 g/mol. The minimum Gasteiger partial charge on any atom is -0.306 e. The maximum absolute atomic E-state index is 12.0. The molecule has 0 unspecified atom stereocenters. The summed E-state index contributed by atoms with van der Waals surface area (Å²) in [6.07, 6.45) is 7.90. The maximum Gasteiger partial charge on any atom is 0.256 e. The predicted octanol–water partition coefficient (Wildman–Crippen LogP) is 1.31. The summed E-state index contributed by atoms with van der Waals surface area (Å²) in [5, 5.41) is 6.77. The number of carbonyl (C=O) groups is 1. The van der Waals surface area contributed by atoms with Gasteiger partial charge in [-0.25, -0.2) is 14.6 Å². The van der Waals surface area contributed by atoms with E-state index in [4.69, 9.17) is 0 Å². The number of anilines is 1. The highest BCUT2D eigenvalue weighted by atomic mass is 16.1. The molecule has 3 heterocycles. The highest BCUT2D eigenvalue weighted by Crippen LogP contribution is 2.09. The monoisotopic (exact) mass is 266 g/mol. The van der Waals surface area contributed by atoms with Crippen molar-refractivity contribution >= 4 is 11.7 Å². The first kappa shape index (κ1) is 12.0. The van der Waals surface area contributed by atoms with Crippen LogP contribution in [-0.2, 0) is 0 Å². The van der Waals surface area contributed by atoms with E-state index in [1.807, 2.05) is 0 Å². The summed E-state index contributed by atoms with van der Waals surface area (Å²) >= 11 is 0. The quantitative estimate of drug-likeness (QED) is 0.772. The van der Waals surface area contributed by atoms with Crippen LogP contribution in [0.2, 0.25) is 0 Å². The van der Waals surface area contributed by atoms with Gasteiger partial charge in [0.15, 0.2) is 5.82 Å². The van der Waals surface area contributed by atoms with E-state index in [0.29, 0.717) is 17.2 Å². The number of nitrogens with zero attached hydrogens (tertiary/aromatic N) is 5. The van der Waals surface area contributed by atoms with E-state index in [0.717, 1.165) is 0 Å². The number of aromatic nitrogens is 5. The summed E-state index contributed by atoms with van der Waals surface area (Å²) in [5.74, 6) is 0.736. The van der Waals surface area contributed by atoms with Gasteiger partial charge in [0, 0.05) is 36.4 Å². The lowest BCUT2D eigenvalue weighted by Crippen LogP contribution is -2.13. The van der Waals surface area contributed by atoms with E-state index in [1.165, 1.54) is 6.33 Å². The average Bonchev–Trinajstić information content (AvgIpc) is 3.03. The summed E-state index contributed by atoms with van der Waals surface area (Å²) in [5.41, 5.74) is 0.513. The number of hydrogen-bond donors (Lipinski definition) is 1. The summed E-state index contributed by atoms with van der Waals surface area (Å²) < 4.78 is 1.59. The van der Waals surface area contributed by atoms with Gasteiger partial charge >= 0.3 is 0 Å². The van der Waals surface area contributed by atoms with Crippen molar-refractivity contribution in [3.05, 3.63) is 60.9 Å². The average molecular weight is 266 g/mol. The van der Waals surface area contributed by atoms with Crippen LogP contribution in [0, 0.1) is 0 Å². The van der Waals surface area contributed by atoms with Crippen molar-refractivity contribution in [3.8, 4) is 5.82 Å². The molecule has 7 heteroatoms. The Morgan fingerprint density at radius 1 is 1.15 bits per heavy atom. The van der Waals surface area contributed by atoms with Gasteiger partial charge in [0.2, 0.25) is 0 Å². The minimum absolute atomic E-state index is 0.252. The summed E-state index contributed by atoms with van der Waals surface area (Å²) in [6, 6.07) is 6.69. The summed E-state index contributed by atoms with van der Waals surface area (Å²) in [4.78, 5) is 24.0. The number of rotatable bonds is 3. The number of nitrogens with one attached hydrogen (secondary N) is 1. The molecule has 98 valence electrons. The van der Waals surface area contributed by atoms with Crippen molar-refractivity contribution in [1.29, 1.82) is 0 Å². The number of carbonyl (C=O) groups excluding carboxylic acids is 1. The molecule has 1 amide bonds. The molecule has 0 saturated carbocycles. The van der Waals surface area contributed by atoms with E-state index in [1.54, 1.807) is 53.7 Å². The second kappa shape index (κ2) is 5.27. The van der Waals surface area contributed by atoms with Crippen LogP contribution in [0.25, 0.3) is 5.82 Å². The molecule has 0 fully saturated rings. The minimum atomic E-state index is -0.252. The Hall–Kier alpha value is -3.09. The van der Waals surface area contributed by atoms with Crippen molar-refractivity contribution in [1.82, 2.24) is 24.7 Å². The van der Waals surface area contributed by atoms with Gasteiger partial charge in [-0.05, 0) is 18.2 Å².